The van der Waals surface area contributed by atoms with Gasteiger partial charge in [-0.05, 0) is 67.8 Å². The van der Waals surface area contributed by atoms with E-state index < -0.39 is 0 Å². The van der Waals surface area contributed by atoms with Gasteiger partial charge < -0.3 is 15.1 Å². The van der Waals surface area contributed by atoms with Crippen LogP contribution in [0, 0.1) is 19.8 Å². The van der Waals surface area contributed by atoms with Crippen molar-refractivity contribution in [2.75, 3.05) is 50.0 Å². The van der Waals surface area contributed by atoms with Crippen molar-refractivity contribution in [3.8, 4) is 0 Å². The van der Waals surface area contributed by atoms with E-state index in [9.17, 15) is 9.59 Å². The minimum Gasteiger partial charge on any atom is -0.369 e. The summed E-state index contributed by atoms with van der Waals surface area (Å²) >= 11 is 0. The van der Waals surface area contributed by atoms with E-state index in [2.05, 4.69) is 34.3 Å². The number of piperazine rings is 1. The number of rotatable bonds is 6. The Hall–Kier alpha value is -3.12. The molecule has 2 aromatic carbocycles. The molecule has 1 saturated heterocycles. The van der Waals surface area contributed by atoms with Gasteiger partial charge in [-0.1, -0.05) is 32.0 Å². The summed E-state index contributed by atoms with van der Waals surface area (Å²) in [6.45, 7) is 12.6. The van der Waals surface area contributed by atoms with Gasteiger partial charge in [0.05, 0.1) is 5.57 Å². The summed E-state index contributed by atoms with van der Waals surface area (Å²) in [5, 5.41) is 3.28. The van der Waals surface area contributed by atoms with Crippen LogP contribution in [0.4, 0.5) is 11.4 Å². The fraction of sp³-hybridized carbons (Fsp3) is 0.407. The van der Waals surface area contributed by atoms with Gasteiger partial charge in [0.2, 0.25) is 0 Å². The molecular formula is C27H34N4O2. The molecular weight excluding hydrogens is 412 g/mol. The van der Waals surface area contributed by atoms with Crippen molar-refractivity contribution in [3.63, 3.8) is 0 Å². The highest BCUT2D eigenvalue weighted by Crippen LogP contribution is 2.32. The van der Waals surface area contributed by atoms with Gasteiger partial charge in [-0.3, -0.25) is 14.5 Å². The van der Waals surface area contributed by atoms with Crippen molar-refractivity contribution in [1.82, 2.24) is 9.80 Å². The third kappa shape index (κ3) is 4.81. The molecule has 1 N–H and O–H groups in total. The first-order chi connectivity index (χ1) is 15.7. The second-order valence-electron chi connectivity index (χ2n) is 9.63. The van der Waals surface area contributed by atoms with E-state index in [1.54, 1.807) is 0 Å². The van der Waals surface area contributed by atoms with Crippen LogP contribution in [0.5, 0.6) is 0 Å². The Balaban J connectivity index is 1.64. The second kappa shape index (κ2) is 9.40. The molecule has 2 aliphatic rings. The molecule has 2 aromatic rings. The molecule has 0 aromatic heterocycles. The Labute approximate surface area is 196 Å². The highest BCUT2D eigenvalue weighted by molar-refractivity contribution is 6.36. The molecule has 0 spiro atoms. The maximum absolute atomic E-state index is 13.3. The van der Waals surface area contributed by atoms with Crippen LogP contribution in [-0.2, 0) is 9.59 Å². The first-order valence-corrected chi connectivity index (χ1v) is 11.7. The first-order valence-electron chi connectivity index (χ1n) is 11.7. The van der Waals surface area contributed by atoms with E-state index in [-0.39, 0.29) is 17.7 Å². The summed E-state index contributed by atoms with van der Waals surface area (Å²) in [5.41, 5.74) is 5.81. The highest BCUT2D eigenvalue weighted by Gasteiger charge is 2.39. The Morgan fingerprint density at radius 1 is 0.879 bits per heavy atom. The van der Waals surface area contributed by atoms with Crippen molar-refractivity contribution in [3.05, 3.63) is 64.9 Å². The number of likely N-dealkylation sites (N-methyl/N-ethyl adjacent to an activating group) is 1. The number of hydrogen-bond donors (Lipinski definition) is 1. The van der Waals surface area contributed by atoms with E-state index in [4.69, 9.17) is 0 Å². The number of aryl methyl sites for hydroxylation is 2. The molecule has 0 atom stereocenters. The van der Waals surface area contributed by atoms with E-state index in [0.717, 1.165) is 48.6 Å². The number of benzene rings is 2. The Bertz CT molecular complexity index is 1080. The lowest BCUT2D eigenvalue weighted by atomic mass is 9.99. The lowest BCUT2D eigenvalue weighted by Crippen LogP contribution is -2.44. The lowest BCUT2D eigenvalue weighted by Gasteiger charge is -2.34. The van der Waals surface area contributed by atoms with E-state index in [1.165, 1.54) is 10.6 Å². The standard InChI is InChI=1S/C27H34N4O2/c1-18(2)17-31-26(32)24(21-7-6-19(3)20(4)16-21)25(27(31)33)28-22-8-10-23(11-9-22)30-14-12-29(5)13-15-30/h6-11,16,18,28H,12-15,17H2,1-5H3. The van der Waals surface area contributed by atoms with Gasteiger partial charge in [-0.2, -0.15) is 0 Å². The van der Waals surface area contributed by atoms with Gasteiger partial charge >= 0.3 is 0 Å². The zero-order valence-electron chi connectivity index (χ0n) is 20.3. The van der Waals surface area contributed by atoms with Crippen LogP contribution >= 0.6 is 0 Å². The zero-order chi connectivity index (χ0) is 23.7. The van der Waals surface area contributed by atoms with Crippen LogP contribution in [0.15, 0.2) is 48.2 Å². The number of anilines is 2. The Morgan fingerprint density at radius 2 is 1.55 bits per heavy atom. The predicted octanol–water partition coefficient (Wildman–Crippen LogP) is 3.90. The number of hydrogen-bond acceptors (Lipinski definition) is 5. The maximum atomic E-state index is 13.3. The second-order valence-corrected chi connectivity index (χ2v) is 9.63. The molecule has 2 amide bonds. The summed E-state index contributed by atoms with van der Waals surface area (Å²) in [4.78, 5) is 32.7. The zero-order valence-corrected chi connectivity index (χ0v) is 20.3. The minimum absolute atomic E-state index is 0.195. The van der Waals surface area contributed by atoms with Gasteiger partial charge in [0, 0.05) is 44.1 Å². The molecule has 0 bridgehead atoms. The van der Waals surface area contributed by atoms with Gasteiger partial charge in [0.1, 0.15) is 5.70 Å². The number of nitrogens with one attached hydrogen (secondary N) is 1. The van der Waals surface area contributed by atoms with Crippen molar-refractivity contribution < 1.29 is 9.59 Å². The molecule has 4 rings (SSSR count). The fourth-order valence-electron chi connectivity index (χ4n) is 4.35. The molecule has 0 unspecified atom stereocenters. The highest BCUT2D eigenvalue weighted by atomic mass is 16.2. The SMILES string of the molecule is Cc1ccc(C2=C(Nc3ccc(N4CCN(C)CC4)cc3)C(=O)N(CC(C)C)C2=O)cc1C. The normalized spacial score (nSPS) is 17.5. The topological polar surface area (TPSA) is 55.9 Å². The largest absolute Gasteiger partial charge is 0.369 e. The molecule has 6 heteroatoms. The van der Waals surface area contributed by atoms with E-state index in [1.807, 2.05) is 58.0 Å². The summed E-state index contributed by atoms with van der Waals surface area (Å²) < 4.78 is 0. The average Bonchev–Trinajstić information content (AvgIpc) is 3.01. The molecule has 2 aliphatic heterocycles. The quantitative estimate of drug-likeness (QED) is 0.682. The predicted molar refractivity (Wildman–Crippen MR) is 134 cm³/mol. The molecule has 0 aliphatic carbocycles. The van der Waals surface area contributed by atoms with Gasteiger partial charge in [-0.25, -0.2) is 0 Å². The smallest absolute Gasteiger partial charge is 0.278 e. The molecule has 6 nitrogen and oxygen atoms in total. The maximum Gasteiger partial charge on any atom is 0.278 e. The summed E-state index contributed by atoms with van der Waals surface area (Å²) in [6.07, 6.45) is 0. The summed E-state index contributed by atoms with van der Waals surface area (Å²) in [5.74, 6) is -0.292. The van der Waals surface area contributed by atoms with Crippen molar-refractivity contribution in [1.29, 1.82) is 0 Å². The van der Waals surface area contributed by atoms with Crippen LogP contribution in [0.1, 0.15) is 30.5 Å². The Morgan fingerprint density at radius 3 is 2.15 bits per heavy atom. The minimum atomic E-state index is -0.259. The number of imide groups is 1. The van der Waals surface area contributed by atoms with Crippen molar-refractivity contribution in [2.24, 2.45) is 5.92 Å². The molecule has 0 saturated carbocycles. The van der Waals surface area contributed by atoms with Crippen LogP contribution in [0.3, 0.4) is 0 Å². The third-order valence-electron chi connectivity index (χ3n) is 6.52. The summed E-state index contributed by atoms with van der Waals surface area (Å²) in [7, 11) is 2.15. The number of nitrogens with zero attached hydrogens (tertiary/aromatic N) is 3. The lowest BCUT2D eigenvalue weighted by molar-refractivity contribution is -0.137. The molecule has 174 valence electrons. The van der Waals surface area contributed by atoms with Gasteiger partial charge in [-0.15, -0.1) is 0 Å². The number of amides is 2. The van der Waals surface area contributed by atoms with Gasteiger partial charge in [0.25, 0.3) is 11.8 Å². The molecule has 1 fully saturated rings. The molecule has 2 heterocycles. The summed E-state index contributed by atoms with van der Waals surface area (Å²) in [6, 6.07) is 14.1. The average molecular weight is 447 g/mol. The van der Waals surface area contributed by atoms with Crippen LogP contribution in [-0.4, -0.2) is 61.4 Å². The molecule has 33 heavy (non-hydrogen) atoms. The Kier molecular flexibility index (Phi) is 6.56. The van der Waals surface area contributed by atoms with Crippen molar-refractivity contribution >= 4 is 28.8 Å². The van der Waals surface area contributed by atoms with E-state index in [0.29, 0.717) is 17.8 Å². The van der Waals surface area contributed by atoms with E-state index >= 15 is 0 Å². The molecule has 0 radical (unpaired) electrons. The van der Waals surface area contributed by atoms with Crippen LogP contribution in [0.25, 0.3) is 5.57 Å². The fourth-order valence-corrected chi connectivity index (χ4v) is 4.35. The monoisotopic (exact) mass is 446 g/mol. The van der Waals surface area contributed by atoms with Crippen molar-refractivity contribution in [2.45, 2.75) is 27.7 Å². The number of carbonyl (C=O) groups is 2. The first kappa shape index (κ1) is 23.1. The number of carbonyl (C=O) groups excluding carboxylic acids is 2. The van der Waals surface area contributed by atoms with Gasteiger partial charge in [0.15, 0.2) is 0 Å². The van der Waals surface area contributed by atoms with Crippen LogP contribution in [0.2, 0.25) is 0 Å². The van der Waals surface area contributed by atoms with Crippen LogP contribution < -0.4 is 10.2 Å². The third-order valence-corrected chi connectivity index (χ3v) is 6.52.